The Hall–Kier alpha value is -2.02. The van der Waals surface area contributed by atoms with Crippen molar-refractivity contribution in [1.29, 1.82) is 0 Å². The van der Waals surface area contributed by atoms with Crippen LogP contribution < -0.4 is 4.72 Å². The van der Waals surface area contributed by atoms with Crippen molar-refractivity contribution in [2.45, 2.75) is 22.5 Å². The summed E-state index contributed by atoms with van der Waals surface area (Å²) in [6.45, 7) is 1.90. The Kier molecular flexibility index (Phi) is 6.09. The number of rotatable bonds is 6. The largest absolute Gasteiger partial charge is 0.280 e. The lowest BCUT2D eigenvalue weighted by molar-refractivity contribution is 0.601. The van der Waals surface area contributed by atoms with Gasteiger partial charge in [0.25, 0.3) is 10.0 Å². The van der Waals surface area contributed by atoms with Gasteiger partial charge < -0.3 is 0 Å². The molecule has 0 amide bonds. The number of benzene rings is 3. The van der Waals surface area contributed by atoms with Gasteiger partial charge in [-0.15, -0.1) is 11.8 Å². The van der Waals surface area contributed by atoms with Crippen LogP contribution in [-0.2, 0) is 15.8 Å². The summed E-state index contributed by atoms with van der Waals surface area (Å²) in [5, 5.41) is 0.393. The number of sulfonamides is 1. The molecule has 0 saturated heterocycles. The number of anilines is 1. The first kappa shape index (κ1) is 19.7. The van der Waals surface area contributed by atoms with Crippen LogP contribution in [0.5, 0.6) is 0 Å². The molecule has 3 nitrogen and oxygen atoms in total. The van der Waals surface area contributed by atoms with E-state index in [1.54, 1.807) is 42.5 Å². The van der Waals surface area contributed by atoms with Crippen molar-refractivity contribution in [3.63, 3.8) is 0 Å². The number of hydrogen-bond acceptors (Lipinski definition) is 3. The Bertz CT molecular complexity index is 1040. The van der Waals surface area contributed by atoms with Gasteiger partial charge in [-0.25, -0.2) is 12.8 Å². The van der Waals surface area contributed by atoms with Gasteiger partial charge in [-0.05, 0) is 61.0 Å². The SMILES string of the molecule is Cc1ccc(S(=O)(=O)Nc2ccc(SCc3ccc(F)cc3Cl)cc2)cc1. The molecule has 0 radical (unpaired) electrons. The third-order valence-electron chi connectivity index (χ3n) is 3.85. The van der Waals surface area contributed by atoms with Crippen molar-refractivity contribution < 1.29 is 12.8 Å². The molecular formula is C20H17ClFNO2S2. The molecule has 0 aliphatic heterocycles. The topological polar surface area (TPSA) is 46.2 Å². The van der Waals surface area contributed by atoms with Crippen LogP contribution in [0.4, 0.5) is 10.1 Å². The van der Waals surface area contributed by atoms with Crippen molar-refractivity contribution >= 4 is 39.1 Å². The molecule has 3 aromatic carbocycles. The highest BCUT2D eigenvalue weighted by molar-refractivity contribution is 7.98. The van der Waals surface area contributed by atoms with E-state index >= 15 is 0 Å². The van der Waals surface area contributed by atoms with Crippen molar-refractivity contribution in [1.82, 2.24) is 0 Å². The molecule has 0 heterocycles. The quantitative estimate of drug-likeness (QED) is 0.505. The summed E-state index contributed by atoms with van der Waals surface area (Å²) in [6.07, 6.45) is 0. The second kappa shape index (κ2) is 8.33. The fourth-order valence-electron chi connectivity index (χ4n) is 2.35. The van der Waals surface area contributed by atoms with Crippen LogP contribution in [0, 0.1) is 12.7 Å². The number of aryl methyl sites for hydroxylation is 1. The van der Waals surface area contributed by atoms with E-state index in [1.165, 1.54) is 23.9 Å². The molecule has 27 heavy (non-hydrogen) atoms. The maximum atomic E-state index is 13.1. The summed E-state index contributed by atoms with van der Waals surface area (Å²) in [5.41, 5.74) is 2.32. The maximum Gasteiger partial charge on any atom is 0.261 e. The van der Waals surface area contributed by atoms with Crippen LogP contribution >= 0.6 is 23.4 Å². The van der Waals surface area contributed by atoms with Crippen LogP contribution in [0.25, 0.3) is 0 Å². The Morgan fingerprint density at radius 2 is 1.67 bits per heavy atom. The van der Waals surface area contributed by atoms with E-state index in [0.29, 0.717) is 16.5 Å². The molecule has 3 rings (SSSR count). The van der Waals surface area contributed by atoms with Gasteiger partial charge in [0.15, 0.2) is 0 Å². The molecule has 0 aliphatic rings. The Morgan fingerprint density at radius 1 is 1.00 bits per heavy atom. The minimum atomic E-state index is -3.62. The number of thioether (sulfide) groups is 1. The molecule has 0 unspecified atom stereocenters. The van der Waals surface area contributed by atoms with E-state index < -0.39 is 10.0 Å². The van der Waals surface area contributed by atoms with Gasteiger partial charge in [-0.2, -0.15) is 0 Å². The number of halogens is 2. The van der Waals surface area contributed by atoms with Gasteiger partial charge in [0.2, 0.25) is 0 Å². The smallest absolute Gasteiger partial charge is 0.261 e. The Morgan fingerprint density at radius 3 is 2.30 bits per heavy atom. The summed E-state index contributed by atoms with van der Waals surface area (Å²) in [6, 6.07) is 18.1. The second-order valence-corrected chi connectivity index (χ2v) is 9.11. The zero-order chi connectivity index (χ0) is 19.4. The fourth-order valence-corrected chi connectivity index (χ4v) is 4.62. The van der Waals surface area contributed by atoms with Gasteiger partial charge in [0, 0.05) is 21.4 Å². The molecular weight excluding hydrogens is 405 g/mol. The predicted octanol–water partition coefficient (Wildman–Crippen LogP) is 5.88. The van der Waals surface area contributed by atoms with Gasteiger partial charge in [0.1, 0.15) is 5.82 Å². The average Bonchev–Trinajstić information content (AvgIpc) is 2.62. The third kappa shape index (κ3) is 5.25. The predicted molar refractivity (Wildman–Crippen MR) is 109 cm³/mol. The number of hydrogen-bond donors (Lipinski definition) is 1. The standard InChI is InChI=1S/C20H17ClFNO2S2/c1-14-2-10-19(11-3-14)27(24,25)23-17-6-8-18(9-7-17)26-13-15-4-5-16(22)12-20(15)21/h2-12,23H,13H2,1H3. The lowest BCUT2D eigenvalue weighted by Crippen LogP contribution is -2.12. The highest BCUT2D eigenvalue weighted by Crippen LogP contribution is 2.28. The lowest BCUT2D eigenvalue weighted by Gasteiger charge is -2.09. The zero-order valence-corrected chi connectivity index (χ0v) is 16.8. The van der Waals surface area contributed by atoms with Crippen molar-refractivity contribution in [3.05, 3.63) is 88.7 Å². The number of nitrogens with one attached hydrogen (secondary N) is 1. The second-order valence-electron chi connectivity index (χ2n) is 5.97. The molecule has 0 saturated carbocycles. The molecule has 7 heteroatoms. The molecule has 0 fully saturated rings. The Labute approximate surface area is 167 Å². The van der Waals surface area contributed by atoms with Crippen LogP contribution in [0.1, 0.15) is 11.1 Å². The van der Waals surface area contributed by atoms with E-state index in [1.807, 2.05) is 19.1 Å². The van der Waals surface area contributed by atoms with E-state index in [2.05, 4.69) is 4.72 Å². The summed E-state index contributed by atoms with van der Waals surface area (Å²) in [4.78, 5) is 1.17. The molecule has 0 aromatic heterocycles. The third-order valence-corrected chi connectivity index (χ3v) is 6.66. The molecule has 140 valence electrons. The highest BCUT2D eigenvalue weighted by atomic mass is 35.5. The van der Waals surface area contributed by atoms with Crippen LogP contribution in [0.15, 0.2) is 76.5 Å². The normalized spacial score (nSPS) is 11.4. The van der Waals surface area contributed by atoms with Gasteiger partial charge >= 0.3 is 0 Å². The molecule has 1 N–H and O–H groups in total. The molecule has 0 bridgehead atoms. The fraction of sp³-hybridized carbons (Fsp3) is 0.100. The summed E-state index contributed by atoms with van der Waals surface area (Å²) in [7, 11) is -3.62. The minimum Gasteiger partial charge on any atom is -0.280 e. The van der Waals surface area contributed by atoms with E-state index in [0.717, 1.165) is 16.0 Å². The molecule has 0 aliphatic carbocycles. The van der Waals surface area contributed by atoms with Gasteiger partial charge in [-0.1, -0.05) is 35.4 Å². The van der Waals surface area contributed by atoms with Gasteiger partial charge in [-0.3, -0.25) is 4.72 Å². The Balaban J connectivity index is 1.65. The lowest BCUT2D eigenvalue weighted by atomic mass is 10.2. The minimum absolute atomic E-state index is 0.220. The van der Waals surface area contributed by atoms with Crippen molar-refractivity contribution in [2.75, 3.05) is 4.72 Å². The van der Waals surface area contributed by atoms with E-state index in [-0.39, 0.29) is 10.7 Å². The summed E-state index contributed by atoms with van der Waals surface area (Å²) in [5.74, 6) is 0.229. The van der Waals surface area contributed by atoms with Gasteiger partial charge in [0.05, 0.1) is 4.90 Å². The first-order valence-electron chi connectivity index (χ1n) is 8.10. The van der Waals surface area contributed by atoms with Crippen LogP contribution in [0.3, 0.4) is 0 Å². The van der Waals surface area contributed by atoms with Crippen molar-refractivity contribution in [3.8, 4) is 0 Å². The summed E-state index contributed by atoms with van der Waals surface area (Å²) < 4.78 is 40.5. The first-order valence-corrected chi connectivity index (χ1v) is 10.9. The highest BCUT2D eigenvalue weighted by Gasteiger charge is 2.13. The average molecular weight is 422 g/mol. The monoisotopic (exact) mass is 421 g/mol. The summed E-state index contributed by atoms with van der Waals surface area (Å²) >= 11 is 7.57. The zero-order valence-electron chi connectivity index (χ0n) is 14.4. The molecule has 3 aromatic rings. The van der Waals surface area contributed by atoms with Crippen LogP contribution in [0.2, 0.25) is 5.02 Å². The van der Waals surface area contributed by atoms with E-state index in [9.17, 15) is 12.8 Å². The van der Waals surface area contributed by atoms with Crippen LogP contribution in [-0.4, -0.2) is 8.42 Å². The van der Waals surface area contributed by atoms with E-state index in [4.69, 9.17) is 11.6 Å². The first-order chi connectivity index (χ1) is 12.8. The molecule has 0 spiro atoms. The molecule has 0 atom stereocenters. The van der Waals surface area contributed by atoms with Crippen molar-refractivity contribution in [2.24, 2.45) is 0 Å². The maximum absolute atomic E-state index is 13.1.